The highest BCUT2D eigenvalue weighted by Crippen LogP contribution is 2.14. The topological polar surface area (TPSA) is 92.4 Å². The third-order valence-electron chi connectivity index (χ3n) is 3.86. The van der Waals surface area contributed by atoms with Crippen LogP contribution in [0.5, 0.6) is 0 Å². The maximum absolute atomic E-state index is 11.9. The first-order valence-corrected chi connectivity index (χ1v) is 7.63. The predicted molar refractivity (Wildman–Crippen MR) is 82.5 cm³/mol. The number of aryl methyl sites for hydroxylation is 2. The van der Waals surface area contributed by atoms with Gasteiger partial charge in [0.05, 0.1) is 6.10 Å². The Kier molecular flexibility index (Phi) is 5.43. The molecule has 7 nitrogen and oxygen atoms in total. The van der Waals surface area contributed by atoms with E-state index < -0.39 is 0 Å². The summed E-state index contributed by atoms with van der Waals surface area (Å²) < 4.78 is 1.69. The molecule has 0 spiro atoms. The van der Waals surface area contributed by atoms with Crippen molar-refractivity contribution in [3.63, 3.8) is 0 Å². The summed E-state index contributed by atoms with van der Waals surface area (Å²) in [5.41, 5.74) is 2.88. The van der Waals surface area contributed by atoms with E-state index in [0.29, 0.717) is 38.0 Å². The maximum atomic E-state index is 11.9. The first-order valence-electron chi connectivity index (χ1n) is 7.63. The zero-order valence-corrected chi connectivity index (χ0v) is 13.3. The molecule has 2 aromatic heterocycles. The average molecular weight is 305 g/mol. The second-order valence-electron chi connectivity index (χ2n) is 5.43. The summed E-state index contributed by atoms with van der Waals surface area (Å²) in [7, 11) is 0. The lowest BCUT2D eigenvalue weighted by atomic mass is 10.1. The van der Waals surface area contributed by atoms with Gasteiger partial charge in [0.1, 0.15) is 6.33 Å². The van der Waals surface area contributed by atoms with E-state index >= 15 is 0 Å². The van der Waals surface area contributed by atoms with E-state index in [9.17, 15) is 9.90 Å². The fourth-order valence-corrected chi connectivity index (χ4v) is 2.43. The Bertz CT molecular complexity index is 653. The van der Waals surface area contributed by atoms with Gasteiger partial charge in [-0.25, -0.2) is 9.50 Å². The van der Waals surface area contributed by atoms with Crippen molar-refractivity contribution < 1.29 is 9.90 Å². The molecule has 0 aliphatic carbocycles. The Morgan fingerprint density at radius 1 is 1.45 bits per heavy atom. The molecule has 2 heterocycles. The number of hydrogen-bond acceptors (Lipinski definition) is 5. The monoisotopic (exact) mass is 305 g/mol. The van der Waals surface area contributed by atoms with Crippen molar-refractivity contribution in [1.82, 2.24) is 24.9 Å². The van der Waals surface area contributed by atoms with Crippen molar-refractivity contribution in [2.75, 3.05) is 6.54 Å². The van der Waals surface area contributed by atoms with Gasteiger partial charge in [-0.2, -0.15) is 10.1 Å². The molecule has 1 unspecified atom stereocenters. The first kappa shape index (κ1) is 16.4. The number of carbonyl (C=O) groups is 1. The van der Waals surface area contributed by atoms with Crippen molar-refractivity contribution in [3.8, 4) is 0 Å². The van der Waals surface area contributed by atoms with Gasteiger partial charge in [0, 0.05) is 24.4 Å². The van der Waals surface area contributed by atoms with Gasteiger partial charge in [0.25, 0.3) is 5.78 Å². The molecular weight excluding hydrogens is 282 g/mol. The normalized spacial score (nSPS) is 12.5. The van der Waals surface area contributed by atoms with Crippen molar-refractivity contribution >= 4 is 11.7 Å². The number of aromatic nitrogens is 4. The number of fused-ring (bicyclic) bond motifs is 1. The number of rotatable bonds is 7. The second-order valence-corrected chi connectivity index (χ2v) is 5.43. The molecule has 0 bridgehead atoms. The number of carbonyl (C=O) groups excluding carboxylic acids is 1. The minimum absolute atomic E-state index is 0.0132. The lowest BCUT2D eigenvalue weighted by Gasteiger charge is -2.11. The van der Waals surface area contributed by atoms with Gasteiger partial charge in [-0.1, -0.05) is 6.92 Å². The molecular formula is C15H23N5O2. The standard InChI is InChI=1S/C15H23N5O2/c1-4-12(21)7-8-16-14(22)6-5-13-10(2)19-15-17-9-18-20(15)11(13)3/h9,12,21H,4-8H2,1-3H3,(H,16,22). The van der Waals surface area contributed by atoms with E-state index in [1.165, 1.54) is 6.33 Å². The van der Waals surface area contributed by atoms with E-state index in [2.05, 4.69) is 20.4 Å². The summed E-state index contributed by atoms with van der Waals surface area (Å²) in [4.78, 5) is 20.3. The number of aliphatic hydroxyl groups is 1. The summed E-state index contributed by atoms with van der Waals surface area (Å²) in [5.74, 6) is 0.567. The third-order valence-corrected chi connectivity index (χ3v) is 3.86. The van der Waals surface area contributed by atoms with Crippen LogP contribution in [0.15, 0.2) is 6.33 Å². The molecule has 0 saturated heterocycles. The Labute approximate surface area is 129 Å². The Balaban J connectivity index is 1.92. The van der Waals surface area contributed by atoms with Crippen LogP contribution in [0.2, 0.25) is 0 Å². The Hall–Kier alpha value is -2.02. The Morgan fingerprint density at radius 3 is 2.95 bits per heavy atom. The summed E-state index contributed by atoms with van der Waals surface area (Å²) >= 11 is 0. The molecule has 2 aromatic rings. The van der Waals surface area contributed by atoms with Crippen molar-refractivity contribution in [2.45, 2.75) is 52.6 Å². The quantitative estimate of drug-likeness (QED) is 0.794. The highest BCUT2D eigenvalue weighted by atomic mass is 16.3. The lowest BCUT2D eigenvalue weighted by molar-refractivity contribution is -0.121. The fraction of sp³-hybridized carbons (Fsp3) is 0.600. The van der Waals surface area contributed by atoms with Crippen LogP contribution < -0.4 is 5.32 Å². The van der Waals surface area contributed by atoms with Gasteiger partial charge in [-0.15, -0.1) is 0 Å². The van der Waals surface area contributed by atoms with Crippen LogP contribution in [-0.4, -0.2) is 43.2 Å². The summed E-state index contributed by atoms with van der Waals surface area (Å²) in [6.45, 7) is 6.31. The number of nitrogens with zero attached hydrogens (tertiary/aromatic N) is 4. The minimum Gasteiger partial charge on any atom is -0.393 e. The Morgan fingerprint density at radius 2 is 2.23 bits per heavy atom. The highest BCUT2D eigenvalue weighted by Gasteiger charge is 2.12. The summed E-state index contributed by atoms with van der Waals surface area (Å²) in [6, 6.07) is 0. The molecule has 0 fully saturated rings. The highest BCUT2D eigenvalue weighted by molar-refractivity contribution is 5.76. The lowest BCUT2D eigenvalue weighted by Crippen LogP contribution is -2.27. The van der Waals surface area contributed by atoms with Crippen LogP contribution in [0.3, 0.4) is 0 Å². The van der Waals surface area contributed by atoms with Crippen molar-refractivity contribution in [1.29, 1.82) is 0 Å². The third kappa shape index (κ3) is 3.79. The summed E-state index contributed by atoms with van der Waals surface area (Å²) in [6.07, 6.45) is 3.44. The van der Waals surface area contributed by atoms with Crippen LogP contribution in [0, 0.1) is 13.8 Å². The molecule has 120 valence electrons. The van der Waals surface area contributed by atoms with Crippen LogP contribution in [0.1, 0.15) is 43.1 Å². The number of amides is 1. The molecule has 0 radical (unpaired) electrons. The van der Waals surface area contributed by atoms with Crippen LogP contribution in [0.25, 0.3) is 5.78 Å². The van der Waals surface area contributed by atoms with E-state index in [1.807, 2.05) is 20.8 Å². The molecule has 7 heteroatoms. The first-order chi connectivity index (χ1) is 10.5. The minimum atomic E-state index is -0.344. The summed E-state index contributed by atoms with van der Waals surface area (Å²) in [5, 5.41) is 16.4. The molecule has 0 aliphatic rings. The van der Waals surface area contributed by atoms with E-state index in [4.69, 9.17) is 0 Å². The molecule has 0 aromatic carbocycles. The fourth-order valence-electron chi connectivity index (χ4n) is 2.43. The number of aliphatic hydroxyl groups excluding tert-OH is 1. The molecule has 1 amide bonds. The molecule has 0 saturated carbocycles. The smallest absolute Gasteiger partial charge is 0.252 e. The molecule has 22 heavy (non-hydrogen) atoms. The molecule has 2 N–H and O–H groups in total. The molecule has 1 atom stereocenters. The van der Waals surface area contributed by atoms with E-state index in [1.54, 1.807) is 4.52 Å². The van der Waals surface area contributed by atoms with E-state index in [0.717, 1.165) is 17.0 Å². The van der Waals surface area contributed by atoms with Crippen LogP contribution in [0.4, 0.5) is 0 Å². The van der Waals surface area contributed by atoms with Gasteiger partial charge in [0.2, 0.25) is 5.91 Å². The van der Waals surface area contributed by atoms with Crippen LogP contribution >= 0.6 is 0 Å². The average Bonchev–Trinajstić information content (AvgIpc) is 2.95. The zero-order chi connectivity index (χ0) is 16.1. The van der Waals surface area contributed by atoms with Gasteiger partial charge >= 0.3 is 0 Å². The van der Waals surface area contributed by atoms with Gasteiger partial charge < -0.3 is 10.4 Å². The predicted octanol–water partition coefficient (Wildman–Crippen LogP) is 0.951. The maximum Gasteiger partial charge on any atom is 0.252 e. The van der Waals surface area contributed by atoms with Crippen LogP contribution in [-0.2, 0) is 11.2 Å². The van der Waals surface area contributed by atoms with Gasteiger partial charge in [-0.05, 0) is 38.7 Å². The molecule has 0 aliphatic heterocycles. The SMILES string of the molecule is CCC(O)CCNC(=O)CCc1c(C)nc2ncnn2c1C. The molecule has 2 rings (SSSR count). The second kappa shape index (κ2) is 7.31. The van der Waals surface area contributed by atoms with Crippen molar-refractivity contribution in [2.24, 2.45) is 0 Å². The number of hydrogen-bond donors (Lipinski definition) is 2. The van der Waals surface area contributed by atoms with E-state index in [-0.39, 0.29) is 12.0 Å². The van der Waals surface area contributed by atoms with Crippen molar-refractivity contribution in [3.05, 3.63) is 23.3 Å². The van der Waals surface area contributed by atoms with Gasteiger partial charge in [0.15, 0.2) is 0 Å². The number of nitrogens with one attached hydrogen (secondary N) is 1. The largest absolute Gasteiger partial charge is 0.393 e. The zero-order valence-electron chi connectivity index (χ0n) is 13.3. The van der Waals surface area contributed by atoms with Gasteiger partial charge in [-0.3, -0.25) is 4.79 Å².